The molecule has 2 aromatic rings. The molecule has 0 aliphatic heterocycles. The van der Waals surface area contributed by atoms with Crippen molar-refractivity contribution in [3.8, 4) is 0 Å². The average Bonchev–Trinajstić information content (AvgIpc) is 2.87. The minimum absolute atomic E-state index is 0.0259. The first-order valence-corrected chi connectivity index (χ1v) is 9.11. The Morgan fingerprint density at radius 2 is 2.00 bits per heavy atom. The Hall–Kier alpha value is -1.87. The van der Waals surface area contributed by atoms with Crippen molar-refractivity contribution in [1.29, 1.82) is 0 Å². The highest BCUT2D eigenvalue weighted by atomic mass is 79.9. The summed E-state index contributed by atoms with van der Waals surface area (Å²) in [5.74, 6) is -0.458. The van der Waals surface area contributed by atoms with Crippen molar-refractivity contribution < 1.29 is 19.4 Å². The molecule has 1 aromatic carbocycles. The van der Waals surface area contributed by atoms with Crippen LogP contribution in [0, 0.1) is 0 Å². The van der Waals surface area contributed by atoms with Gasteiger partial charge in [-0.05, 0) is 37.4 Å². The maximum absolute atomic E-state index is 11.9. The minimum atomic E-state index is -1.16. The molecular formula is C16H17Br2N3O4. The standard InChI is InChI=1S/C16H17Br2N3O4/c1-2-12-20-13(17)14(18)21(12)8-11(15(22)23)19-16(24)25-9-10-6-4-3-5-7-10/h3-7,11H,2,8-9H2,1H3,(H,19,24)(H,22,23). The molecule has 2 N–H and O–H groups in total. The van der Waals surface area contributed by atoms with Gasteiger partial charge in [-0.15, -0.1) is 0 Å². The maximum atomic E-state index is 11.9. The average molecular weight is 475 g/mol. The zero-order chi connectivity index (χ0) is 18.4. The van der Waals surface area contributed by atoms with Crippen LogP contribution in [0.15, 0.2) is 39.5 Å². The molecule has 0 radical (unpaired) electrons. The predicted octanol–water partition coefficient (Wildman–Crippen LogP) is 3.35. The molecule has 1 aromatic heterocycles. The first kappa shape index (κ1) is 19.5. The summed E-state index contributed by atoms with van der Waals surface area (Å²) in [6.45, 7) is 2.01. The summed E-state index contributed by atoms with van der Waals surface area (Å²) in [5.41, 5.74) is 0.819. The number of aryl methyl sites for hydroxylation is 1. The maximum Gasteiger partial charge on any atom is 0.408 e. The summed E-state index contributed by atoms with van der Waals surface area (Å²) in [5, 5.41) is 11.8. The van der Waals surface area contributed by atoms with E-state index in [1.54, 1.807) is 4.57 Å². The Balaban J connectivity index is 2.01. The summed E-state index contributed by atoms with van der Waals surface area (Å²) >= 11 is 6.66. The van der Waals surface area contributed by atoms with Crippen LogP contribution in [0.4, 0.5) is 4.79 Å². The van der Waals surface area contributed by atoms with Gasteiger partial charge in [0.2, 0.25) is 0 Å². The van der Waals surface area contributed by atoms with E-state index in [-0.39, 0.29) is 13.2 Å². The van der Waals surface area contributed by atoms with Crippen molar-refractivity contribution in [2.24, 2.45) is 0 Å². The lowest BCUT2D eigenvalue weighted by molar-refractivity contribution is -0.139. The largest absolute Gasteiger partial charge is 0.480 e. The molecule has 1 heterocycles. The van der Waals surface area contributed by atoms with Crippen LogP contribution in [-0.2, 0) is 29.1 Å². The third-order valence-corrected chi connectivity index (χ3v) is 5.32. The van der Waals surface area contributed by atoms with Crippen LogP contribution in [-0.4, -0.2) is 32.8 Å². The van der Waals surface area contributed by atoms with Crippen LogP contribution in [0.1, 0.15) is 18.3 Å². The van der Waals surface area contributed by atoms with E-state index in [9.17, 15) is 14.7 Å². The molecule has 0 spiro atoms. The number of benzene rings is 1. The molecule has 7 nitrogen and oxygen atoms in total. The van der Waals surface area contributed by atoms with E-state index in [0.717, 1.165) is 5.56 Å². The summed E-state index contributed by atoms with van der Waals surface area (Å²) in [7, 11) is 0. The van der Waals surface area contributed by atoms with Gasteiger partial charge in [0.05, 0.1) is 6.54 Å². The fourth-order valence-corrected chi connectivity index (χ4v) is 3.03. The summed E-state index contributed by atoms with van der Waals surface area (Å²) in [6, 6.07) is 8.00. The van der Waals surface area contributed by atoms with Crippen LogP contribution < -0.4 is 5.32 Å². The number of ether oxygens (including phenoxy) is 1. The van der Waals surface area contributed by atoms with Crippen molar-refractivity contribution in [1.82, 2.24) is 14.9 Å². The van der Waals surface area contributed by atoms with E-state index in [4.69, 9.17) is 4.74 Å². The first-order chi connectivity index (χ1) is 11.9. The Morgan fingerprint density at radius 1 is 1.32 bits per heavy atom. The molecule has 0 bridgehead atoms. The number of imidazole rings is 1. The van der Waals surface area contributed by atoms with E-state index in [0.29, 0.717) is 21.5 Å². The number of alkyl carbamates (subject to hydrolysis) is 1. The van der Waals surface area contributed by atoms with Crippen molar-refractivity contribution >= 4 is 43.9 Å². The topological polar surface area (TPSA) is 93.5 Å². The molecule has 0 aliphatic rings. The number of hydrogen-bond donors (Lipinski definition) is 2. The fourth-order valence-electron chi connectivity index (χ4n) is 2.17. The quantitative estimate of drug-likeness (QED) is 0.641. The second kappa shape index (κ2) is 9.00. The van der Waals surface area contributed by atoms with Gasteiger partial charge < -0.3 is 19.7 Å². The monoisotopic (exact) mass is 473 g/mol. The molecule has 9 heteroatoms. The third kappa shape index (κ3) is 5.30. The van der Waals surface area contributed by atoms with Crippen molar-refractivity contribution in [2.75, 3.05) is 0 Å². The lowest BCUT2D eigenvalue weighted by atomic mass is 10.2. The van der Waals surface area contributed by atoms with Gasteiger partial charge in [0.15, 0.2) is 0 Å². The number of nitrogens with one attached hydrogen (secondary N) is 1. The van der Waals surface area contributed by atoms with Gasteiger partial charge in [0, 0.05) is 6.42 Å². The Morgan fingerprint density at radius 3 is 2.60 bits per heavy atom. The number of rotatable bonds is 7. The lowest BCUT2D eigenvalue weighted by Gasteiger charge is -2.17. The number of carboxylic acid groups (broad SMARTS) is 1. The molecule has 0 saturated carbocycles. The number of halogens is 2. The Bertz CT molecular complexity index is 749. The minimum Gasteiger partial charge on any atom is -0.480 e. The van der Waals surface area contributed by atoms with E-state index in [1.165, 1.54) is 0 Å². The summed E-state index contributed by atoms with van der Waals surface area (Å²) in [6.07, 6.45) is -0.167. The van der Waals surface area contributed by atoms with Gasteiger partial charge in [0.1, 0.15) is 27.7 Å². The summed E-state index contributed by atoms with van der Waals surface area (Å²) in [4.78, 5) is 27.7. The molecule has 0 fully saturated rings. The molecule has 0 aliphatic carbocycles. The number of carbonyl (C=O) groups is 2. The number of carbonyl (C=O) groups excluding carboxylic acids is 1. The van der Waals surface area contributed by atoms with E-state index in [2.05, 4.69) is 42.2 Å². The highest BCUT2D eigenvalue weighted by Gasteiger charge is 2.24. The zero-order valence-electron chi connectivity index (χ0n) is 13.4. The van der Waals surface area contributed by atoms with Gasteiger partial charge in [-0.2, -0.15) is 0 Å². The molecule has 1 amide bonds. The predicted molar refractivity (Wildman–Crippen MR) is 98.2 cm³/mol. The van der Waals surface area contributed by atoms with Crippen LogP contribution >= 0.6 is 31.9 Å². The van der Waals surface area contributed by atoms with Crippen LogP contribution in [0.2, 0.25) is 0 Å². The second-order valence-electron chi connectivity index (χ2n) is 5.17. The normalized spacial score (nSPS) is 11.8. The highest BCUT2D eigenvalue weighted by molar-refractivity contribution is 9.13. The number of hydrogen-bond acceptors (Lipinski definition) is 4. The fraction of sp³-hybridized carbons (Fsp3) is 0.312. The van der Waals surface area contributed by atoms with Gasteiger partial charge >= 0.3 is 12.1 Å². The SMILES string of the molecule is CCc1nc(Br)c(Br)n1CC(NC(=O)OCc1ccccc1)C(=O)O. The molecule has 1 atom stereocenters. The number of carboxylic acids is 1. The van der Waals surface area contributed by atoms with Crippen molar-refractivity contribution in [3.63, 3.8) is 0 Å². The molecule has 1 unspecified atom stereocenters. The second-order valence-corrected chi connectivity index (χ2v) is 6.67. The van der Waals surface area contributed by atoms with Gasteiger partial charge in [-0.3, -0.25) is 0 Å². The van der Waals surface area contributed by atoms with Gasteiger partial charge in [-0.1, -0.05) is 37.3 Å². The molecule has 0 saturated heterocycles. The van der Waals surface area contributed by atoms with Crippen molar-refractivity contribution in [2.45, 2.75) is 32.5 Å². The molecule has 25 heavy (non-hydrogen) atoms. The Kier molecular flexibility index (Phi) is 7.01. The highest BCUT2D eigenvalue weighted by Crippen LogP contribution is 2.24. The smallest absolute Gasteiger partial charge is 0.408 e. The first-order valence-electron chi connectivity index (χ1n) is 7.52. The third-order valence-electron chi connectivity index (χ3n) is 3.43. The number of nitrogens with zero attached hydrogens (tertiary/aromatic N) is 2. The van der Waals surface area contributed by atoms with E-state index < -0.39 is 18.1 Å². The number of aliphatic carboxylic acids is 1. The van der Waals surface area contributed by atoms with E-state index in [1.807, 2.05) is 37.3 Å². The molecule has 134 valence electrons. The molecular weight excluding hydrogens is 458 g/mol. The van der Waals surface area contributed by atoms with Crippen LogP contribution in [0.3, 0.4) is 0 Å². The zero-order valence-corrected chi connectivity index (χ0v) is 16.6. The van der Waals surface area contributed by atoms with Gasteiger partial charge in [0.25, 0.3) is 0 Å². The number of aromatic nitrogens is 2. The summed E-state index contributed by atoms with van der Waals surface area (Å²) < 4.78 is 7.98. The van der Waals surface area contributed by atoms with E-state index >= 15 is 0 Å². The number of amides is 1. The lowest BCUT2D eigenvalue weighted by Crippen LogP contribution is -2.44. The van der Waals surface area contributed by atoms with Gasteiger partial charge in [-0.25, -0.2) is 14.6 Å². The molecule has 2 rings (SSSR count). The Labute approximate surface area is 161 Å². The van der Waals surface area contributed by atoms with Crippen molar-refractivity contribution in [3.05, 3.63) is 50.9 Å². The van der Waals surface area contributed by atoms with Crippen LogP contribution in [0.25, 0.3) is 0 Å². The van der Waals surface area contributed by atoms with Crippen LogP contribution in [0.5, 0.6) is 0 Å².